The molecule has 0 bridgehead atoms. The summed E-state index contributed by atoms with van der Waals surface area (Å²) >= 11 is 3.29. The molecule has 0 radical (unpaired) electrons. The number of hydrogen-bond donors (Lipinski definition) is 2. The Kier molecular flexibility index (Phi) is 3.76. The number of rotatable bonds is 3. The zero-order chi connectivity index (χ0) is 12.6. The maximum atomic E-state index is 10.4. The lowest BCUT2D eigenvalue weighted by Crippen LogP contribution is -2.45. The van der Waals surface area contributed by atoms with E-state index >= 15 is 0 Å². The zero-order valence-corrected chi connectivity index (χ0v) is 12.0. The predicted molar refractivity (Wildman–Crippen MR) is 66.0 cm³/mol. The van der Waals surface area contributed by atoms with E-state index in [2.05, 4.69) is 52.3 Å². The molecule has 0 saturated carbocycles. The van der Waals surface area contributed by atoms with E-state index < -0.39 is 5.60 Å². The molecule has 0 aliphatic rings. The van der Waals surface area contributed by atoms with Crippen molar-refractivity contribution in [3.63, 3.8) is 0 Å². The number of aryl methyl sites for hydroxylation is 1. The Bertz CT molecular complexity index is 348. The molecule has 5 nitrogen and oxygen atoms in total. The second-order valence-electron chi connectivity index (χ2n) is 5.23. The predicted octanol–water partition coefficient (Wildman–Crippen LogP) is 1.17. The Labute approximate surface area is 104 Å². The van der Waals surface area contributed by atoms with E-state index in [0.29, 0.717) is 16.8 Å². The zero-order valence-electron chi connectivity index (χ0n) is 10.4. The summed E-state index contributed by atoms with van der Waals surface area (Å²) in [6, 6.07) is 0. The van der Waals surface area contributed by atoms with Crippen LogP contribution in [0.4, 0.5) is 0 Å². The molecule has 6 heteroatoms. The highest BCUT2D eigenvalue weighted by molar-refractivity contribution is 9.10. The van der Waals surface area contributed by atoms with Gasteiger partial charge in [0.05, 0.1) is 0 Å². The van der Waals surface area contributed by atoms with Gasteiger partial charge in [-0.05, 0) is 43.6 Å². The monoisotopic (exact) mass is 290 g/mol. The summed E-state index contributed by atoms with van der Waals surface area (Å²) in [5, 5.41) is 21.4. The fourth-order valence-corrected chi connectivity index (χ4v) is 2.18. The molecule has 2 N–H and O–H groups in total. The summed E-state index contributed by atoms with van der Waals surface area (Å²) in [5.41, 5.74) is -0.378. The highest BCUT2D eigenvalue weighted by atomic mass is 79.9. The van der Waals surface area contributed by atoms with Crippen molar-refractivity contribution in [1.82, 2.24) is 20.3 Å². The number of aliphatic hydroxyl groups is 1. The van der Waals surface area contributed by atoms with Gasteiger partial charge in [0.15, 0.2) is 4.60 Å². The van der Waals surface area contributed by atoms with Gasteiger partial charge in [0, 0.05) is 19.1 Å². The third-order valence-corrected chi connectivity index (χ3v) is 2.79. The fraction of sp³-hybridized carbons (Fsp3) is 0.800. The SMILES string of the molecule is Cn1nnc(Br)c1C(C)(O)CNC(C)(C)C. The third-order valence-electron chi connectivity index (χ3n) is 2.26. The summed E-state index contributed by atoms with van der Waals surface area (Å²) in [4.78, 5) is 0. The van der Waals surface area contributed by atoms with Gasteiger partial charge in [0.2, 0.25) is 0 Å². The van der Waals surface area contributed by atoms with E-state index in [-0.39, 0.29) is 5.54 Å². The number of β-amino-alcohol motifs (C(OH)–C–C–N with tert-alkyl or cyclic N) is 1. The van der Waals surface area contributed by atoms with Crippen LogP contribution in [0.5, 0.6) is 0 Å². The van der Waals surface area contributed by atoms with Gasteiger partial charge in [-0.15, -0.1) is 5.10 Å². The van der Waals surface area contributed by atoms with Crippen LogP contribution in [0.15, 0.2) is 4.60 Å². The minimum atomic E-state index is -1.01. The standard InChI is InChI=1S/C10H19BrN4O/c1-9(2,3)12-6-10(4,16)7-8(11)13-14-15(7)5/h12,16H,6H2,1-5H3. The number of halogens is 1. The Morgan fingerprint density at radius 1 is 1.38 bits per heavy atom. The summed E-state index contributed by atoms with van der Waals surface area (Å²) in [6.07, 6.45) is 0. The lowest BCUT2D eigenvalue weighted by atomic mass is 10.0. The van der Waals surface area contributed by atoms with Crippen LogP contribution in [0.1, 0.15) is 33.4 Å². The first-order valence-electron chi connectivity index (χ1n) is 5.16. The van der Waals surface area contributed by atoms with Gasteiger partial charge in [0.25, 0.3) is 0 Å². The van der Waals surface area contributed by atoms with Crippen LogP contribution in [-0.2, 0) is 12.6 Å². The van der Waals surface area contributed by atoms with Crippen molar-refractivity contribution in [1.29, 1.82) is 0 Å². The Morgan fingerprint density at radius 2 is 1.94 bits per heavy atom. The van der Waals surface area contributed by atoms with Crippen molar-refractivity contribution in [2.24, 2.45) is 7.05 Å². The van der Waals surface area contributed by atoms with E-state index in [4.69, 9.17) is 0 Å². The second kappa shape index (κ2) is 4.43. The van der Waals surface area contributed by atoms with Crippen LogP contribution in [0.25, 0.3) is 0 Å². The molecule has 1 atom stereocenters. The van der Waals surface area contributed by atoms with Gasteiger partial charge >= 0.3 is 0 Å². The molecule has 1 aromatic heterocycles. The molecular weight excluding hydrogens is 272 g/mol. The molecule has 1 heterocycles. The Morgan fingerprint density at radius 3 is 2.31 bits per heavy atom. The van der Waals surface area contributed by atoms with Crippen LogP contribution in [0.3, 0.4) is 0 Å². The Hall–Kier alpha value is -0.460. The second-order valence-corrected chi connectivity index (χ2v) is 5.98. The molecule has 1 rings (SSSR count). The summed E-state index contributed by atoms with van der Waals surface area (Å²) in [5.74, 6) is 0. The van der Waals surface area contributed by atoms with Crippen molar-refractivity contribution < 1.29 is 5.11 Å². The molecule has 1 unspecified atom stereocenters. The number of aromatic nitrogens is 3. The first-order chi connectivity index (χ1) is 7.13. The number of nitrogens with one attached hydrogen (secondary N) is 1. The molecule has 0 spiro atoms. The van der Waals surface area contributed by atoms with E-state index in [1.165, 1.54) is 0 Å². The molecule has 0 aromatic carbocycles. The summed E-state index contributed by atoms with van der Waals surface area (Å²) in [6.45, 7) is 8.35. The van der Waals surface area contributed by atoms with E-state index in [1.807, 2.05) is 0 Å². The third kappa shape index (κ3) is 3.26. The lowest BCUT2D eigenvalue weighted by molar-refractivity contribution is 0.0413. The summed E-state index contributed by atoms with van der Waals surface area (Å²) < 4.78 is 2.16. The highest BCUT2D eigenvalue weighted by Crippen LogP contribution is 2.25. The molecular formula is C10H19BrN4O. The van der Waals surface area contributed by atoms with Crippen LogP contribution in [-0.4, -0.2) is 32.2 Å². The van der Waals surface area contributed by atoms with Crippen LogP contribution in [0, 0.1) is 0 Å². The van der Waals surface area contributed by atoms with Crippen molar-refractivity contribution in [2.75, 3.05) is 6.54 Å². The molecule has 0 aliphatic heterocycles. The van der Waals surface area contributed by atoms with Crippen molar-refractivity contribution in [2.45, 2.75) is 38.8 Å². The normalized spacial score (nSPS) is 16.2. The summed E-state index contributed by atoms with van der Waals surface area (Å²) in [7, 11) is 1.76. The van der Waals surface area contributed by atoms with E-state index in [1.54, 1.807) is 18.7 Å². The van der Waals surface area contributed by atoms with Gasteiger partial charge in [-0.2, -0.15) is 0 Å². The van der Waals surface area contributed by atoms with Gasteiger partial charge in [-0.1, -0.05) is 5.21 Å². The minimum absolute atomic E-state index is 0.0392. The minimum Gasteiger partial charge on any atom is -0.382 e. The molecule has 16 heavy (non-hydrogen) atoms. The highest BCUT2D eigenvalue weighted by Gasteiger charge is 2.31. The van der Waals surface area contributed by atoms with Crippen molar-refractivity contribution in [3.8, 4) is 0 Å². The van der Waals surface area contributed by atoms with Crippen LogP contribution >= 0.6 is 15.9 Å². The van der Waals surface area contributed by atoms with Gasteiger partial charge < -0.3 is 10.4 Å². The topological polar surface area (TPSA) is 63.0 Å². The maximum Gasteiger partial charge on any atom is 0.154 e. The largest absolute Gasteiger partial charge is 0.382 e. The van der Waals surface area contributed by atoms with Crippen molar-refractivity contribution >= 4 is 15.9 Å². The quantitative estimate of drug-likeness (QED) is 0.877. The number of nitrogens with zero attached hydrogens (tertiary/aromatic N) is 3. The molecule has 1 aromatic rings. The molecule has 0 amide bonds. The average Bonchev–Trinajstić information content (AvgIpc) is 2.42. The fourth-order valence-electron chi connectivity index (χ4n) is 1.42. The number of hydrogen-bond acceptors (Lipinski definition) is 4. The molecule has 0 saturated heterocycles. The average molecular weight is 291 g/mol. The smallest absolute Gasteiger partial charge is 0.154 e. The molecule has 92 valence electrons. The van der Waals surface area contributed by atoms with E-state index in [0.717, 1.165) is 0 Å². The van der Waals surface area contributed by atoms with Crippen molar-refractivity contribution in [3.05, 3.63) is 10.3 Å². The van der Waals surface area contributed by atoms with Crippen LogP contribution in [0.2, 0.25) is 0 Å². The Balaban J connectivity index is 2.86. The maximum absolute atomic E-state index is 10.4. The molecule has 0 fully saturated rings. The molecule has 0 aliphatic carbocycles. The first-order valence-corrected chi connectivity index (χ1v) is 5.96. The van der Waals surface area contributed by atoms with Crippen LogP contribution < -0.4 is 5.32 Å². The lowest BCUT2D eigenvalue weighted by Gasteiger charge is -2.29. The van der Waals surface area contributed by atoms with Gasteiger partial charge in [-0.25, -0.2) is 4.68 Å². The van der Waals surface area contributed by atoms with Gasteiger partial charge in [0.1, 0.15) is 11.3 Å². The first kappa shape index (κ1) is 13.6. The van der Waals surface area contributed by atoms with Gasteiger partial charge in [-0.3, -0.25) is 0 Å². The van der Waals surface area contributed by atoms with E-state index in [9.17, 15) is 5.11 Å².